The molecule has 0 saturated heterocycles. The van der Waals surface area contributed by atoms with Gasteiger partial charge in [0.05, 0.1) is 27.7 Å². The van der Waals surface area contributed by atoms with Crippen molar-refractivity contribution in [2.24, 2.45) is 0 Å². The summed E-state index contributed by atoms with van der Waals surface area (Å²) in [5, 5.41) is 0. The van der Waals surface area contributed by atoms with Crippen molar-refractivity contribution in [3.63, 3.8) is 0 Å². The van der Waals surface area contributed by atoms with Crippen molar-refractivity contribution in [3.05, 3.63) is 0 Å². The first-order valence-corrected chi connectivity index (χ1v) is 22.7. The number of ether oxygens (including phenoxy) is 2. The molecule has 0 aromatic rings. The van der Waals surface area contributed by atoms with Crippen molar-refractivity contribution < 1.29 is 42.1 Å². The molecule has 0 amide bonds. The molecule has 0 heterocycles. The van der Waals surface area contributed by atoms with E-state index in [0.29, 0.717) is 17.4 Å². The van der Waals surface area contributed by atoms with Crippen LogP contribution in [0.25, 0.3) is 0 Å². The normalized spacial score (nSPS) is 13.6. The van der Waals surface area contributed by atoms with Crippen molar-refractivity contribution >= 4 is 19.8 Å². The SMILES string of the molecule is CCCCCCCCCCCCCCCCC(=O)OC[C@H](COP(=O)([O-])OCC[N+](C)(C)C)OC(=O)CCCCCCCCCCCCCCC. The summed E-state index contributed by atoms with van der Waals surface area (Å²) in [6, 6.07) is 0. The molecule has 51 heavy (non-hydrogen) atoms. The zero-order valence-electron chi connectivity index (χ0n) is 34.1. The lowest BCUT2D eigenvalue weighted by Crippen LogP contribution is -2.37. The summed E-state index contributed by atoms with van der Waals surface area (Å²) < 4.78 is 33.8. The molecule has 0 aromatic heterocycles. The van der Waals surface area contributed by atoms with Gasteiger partial charge in [0, 0.05) is 12.8 Å². The Morgan fingerprint density at radius 1 is 0.529 bits per heavy atom. The van der Waals surface area contributed by atoms with Crippen LogP contribution in [0.3, 0.4) is 0 Å². The molecular weight excluding hydrogens is 665 g/mol. The van der Waals surface area contributed by atoms with Gasteiger partial charge >= 0.3 is 11.9 Å². The Morgan fingerprint density at radius 3 is 1.25 bits per heavy atom. The average molecular weight is 748 g/mol. The van der Waals surface area contributed by atoms with E-state index in [4.69, 9.17) is 18.5 Å². The molecule has 0 N–H and O–H groups in total. The van der Waals surface area contributed by atoms with Gasteiger partial charge in [-0.05, 0) is 12.8 Å². The number of unbranched alkanes of at least 4 members (excludes halogenated alkanes) is 25. The lowest BCUT2D eigenvalue weighted by molar-refractivity contribution is -0.870. The number of rotatable bonds is 39. The molecule has 0 fully saturated rings. The van der Waals surface area contributed by atoms with Crippen molar-refractivity contribution in [1.82, 2.24) is 0 Å². The van der Waals surface area contributed by atoms with E-state index >= 15 is 0 Å². The van der Waals surface area contributed by atoms with Gasteiger partial charge in [0.2, 0.25) is 0 Å². The van der Waals surface area contributed by atoms with E-state index < -0.39 is 26.5 Å². The molecule has 0 aromatic carbocycles. The largest absolute Gasteiger partial charge is 0.756 e. The van der Waals surface area contributed by atoms with Crippen molar-refractivity contribution in [2.75, 3.05) is 47.5 Å². The third kappa shape index (κ3) is 38.5. The zero-order chi connectivity index (χ0) is 37.9. The van der Waals surface area contributed by atoms with Crippen molar-refractivity contribution in [2.45, 2.75) is 206 Å². The van der Waals surface area contributed by atoms with Gasteiger partial charge in [0.15, 0.2) is 6.10 Å². The molecule has 2 atom stereocenters. The molecule has 0 saturated carbocycles. The summed E-state index contributed by atoms with van der Waals surface area (Å²) in [5.74, 6) is -0.822. The summed E-state index contributed by atoms with van der Waals surface area (Å²) >= 11 is 0. The number of phosphoric ester groups is 1. The predicted molar refractivity (Wildman–Crippen MR) is 208 cm³/mol. The van der Waals surface area contributed by atoms with Gasteiger partial charge in [0.1, 0.15) is 19.8 Å². The molecule has 0 bridgehead atoms. The maximum atomic E-state index is 12.6. The van der Waals surface area contributed by atoms with E-state index in [2.05, 4.69) is 13.8 Å². The first-order chi connectivity index (χ1) is 24.5. The molecule has 10 heteroatoms. The Hall–Kier alpha value is -0.990. The fraction of sp³-hybridized carbons (Fsp3) is 0.951. The summed E-state index contributed by atoms with van der Waals surface area (Å²) in [4.78, 5) is 37.4. The molecule has 9 nitrogen and oxygen atoms in total. The van der Waals surface area contributed by atoms with Crippen LogP contribution in [0.5, 0.6) is 0 Å². The highest BCUT2D eigenvalue weighted by molar-refractivity contribution is 7.45. The highest BCUT2D eigenvalue weighted by Crippen LogP contribution is 2.38. The number of quaternary nitrogens is 1. The van der Waals surface area contributed by atoms with E-state index in [0.717, 1.165) is 32.1 Å². The number of likely N-dealkylation sites (N-methyl/N-ethyl adjacent to an activating group) is 1. The highest BCUT2D eigenvalue weighted by Gasteiger charge is 2.21. The van der Waals surface area contributed by atoms with Gasteiger partial charge in [-0.2, -0.15) is 0 Å². The van der Waals surface area contributed by atoms with E-state index in [1.165, 1.54) is 135 Å². The molecule has 0 spiro atoms. The Balaban J connectivity index is 4.34. The first kappa shape index (κ1) is 50.0. The van der Waals surface area contributed by atoms with Crippen LogP contribution >= 0.6 is 7.82 Å². The Bertz CT molecular complexity index is 850. The lowest BCUT2D eigenvalue weighted by Gasteiger charge is -2.28. The third-order valence-electron chi connectivity index (χ3n) is 9.38. The second-order valence-corrected chi connectivity index (χ2v) is 17.1. The fourth-order valence-corrected chi connectivity index (χ4v) is 6.74. The summed E-state index contributed by atoms with van der Waals surface area (Å²) in [7, 11) is 1.18. The number of phosphoric acid groups is 1. The fourth-order valence-electron chi connectivity index (χ4n) is 6.01. The van der Waals surface area contributed by atoms with Crippen molar-refractivity contribution in [1.29, 1.82) is 0 Å². The van der Waals surface area contributed by atoms with Gasteiger partial charge in [-0.15, -0.1) is 0 Å². The van der Waals surface area contributed by atoms with E-state index in [-0.39, 0.29) is 32.0 Å². The van der Waals surface area contributed by atoms with E-state index in [9.17, 15) is 19.0 Å². The number of carbonyl (C=O) groups is 2. The molecule has 0 aliphatic heterocycles. The number of esters is 2. The second kappa shape index (κ2) is 34.8. The number of carbonyl (C=O) groups excluding carboxylic acids is 2. The molecule has 0 aliphatic carbocycles. The summed E-state index contributed by atoms with van der Waals surface area (Å²) in [6.07, 6.45) is 32.6. The van der Waals surface area contributed by atoms with Crippen LogP contribution in [0.2, 0.25) is 0 Å². The molecule has 0 rings (SSSR count). The minimum Gasteiger partial charge on any atom is -0.756 e. The van der Waals surface area contributed by atoms with Crippen LogP contribution in [0.4, 0.5) is 0 Å². The Labute approximate surface area is 314 Å². The Kier molecular flexibility index (Phi) is 34.1. The molecule has 1 unspecified atom stereocenters. The zero-order valence-corrected chi connectivity index (χ0v) is 35.0. The Morgan fingerprint density at radius 2 is 0.882 bits per heavy atom. The van der Waals surface area contributed by atoms with Crippen LogP contribution in [0, 0.1) is 0 Å². The van der Waals surface area contributed by atoms with Crippen LogP contribution in [-0.4, -0.2) is 70.0 Å². The van der Waals surface area contributed by atoms with Gasteiger partial charge in [-0.1, -0.05) is 174 Å². The van der Waals surface area contributed by atoms with Crippen LogP contribution in [0.15, 0.2) is 0 Å². The standard InChI is InChI=1S/C41H82NO8P/c1-6-8-10-12-14-16-18-20-22-23-25-27-29-31-33-40(43)47-37-39(38-49-51(45,46)48-36-35-42(3,4)5)50-41(44)34-32-30-28-26-24-21-19-17-15-13-11-9-7-2/h39H,6-38H2,1-5H3/t39-/m1/s1. The molecule has 0 radical (unpaired) electrons. The monoisotopic (exact) mass is 748 g/mol. The first-order valence-electron chi connectivity index (χ1n) is 21.2. The molecule has 304 valence electrons. The van der Waals surface area contributed by atoms with Gasteiger partial charge in [-0.25, -0.2) is 0 Å². The second-order valence-electron chi connectivity index (χ2n) is 15.7. The van der Waals surface area contributed by atoms with Crippen molar-refractivity contribution in [3.8, 4) is 0 Å². The average Bonchev–Trinajstić information content (AvgIpc) is 3.07. The number of nitrogens with zero attached hydrogens (tertiary/aromatic N) is 1. The lowest BCUT2D eigenvalue weighted by atomic mass is 10.0. The molecular formula is C41H82NO8P. The topological polar surface area (TPSA) is 111 Å². The predicted octanol–water partition coefficient (Wildman–Crippen LogP) is 11.0. The van der Waals surface area contributed by atoms with Crippen LogP contribution in [-0.2, 0) is 32.7 Å². The highest BCUT2D eigenvalue weighted by atomic mass is 31.2. The van der Waals surface area contributed by atoms with E-state index in [1.807, 2.05) is 21.1 Å². The van der Waals surface area contributed by atoms with E-state index in [1.54, 1.807) is 0 Å². The summed E-state index contributed by atoms with van der Waals surface area (Å²) in [6.45, 7) is 4.25. The maximum Gasteiger partial charge on any atom is 0.306 e. The van der Waals surface area contributed by atoms with Gasteiger partial charge < -0.3 is 27.9 Å². The van der Waals surface area contributed by atoms with Gasteiger partial charge in [-0.3, -0.25) is 14.2 Å². The van der Waals surface area contributed by atoms with Crippen LogP contribution in [0.1, 0.15) is 200 Å². The maximum absolute atomic E-state index is 12.6. The number of hydrogen-bond acceptors (Lipinski definition) is 8. The number of hydrogen-bond donors (Lipinski definition) is 0. The quantitative estimate of drug-likeness (QED) is 0.0264. The minimum atomic E-state index is -4.61. The third-order valence-corrected chi connectivity index (χ3v) is 10.3. The summed E-state index contributed by atoms with van der Waals surface area (Å²) in [5.41, 5.74) is 0. The van der Waals surface area contributed by atoms with Gasteiger partial charge in [0.25, 0.3) is 7.82 Å². The minimum absolute atomic E-state index is 0.0258. The molecule has 0 aliphatic rings. The smallest absolute Gasteiger partial charge is 0.306 e. The van der Waals surface area contributed by atoms with Crippen LogP contribution < -0.4 is 4.89 Å².